The van der Waals surface area contributed by atoms with Gasteiger partial charge in [-0.05, 0) is 48.0 Å². The minimum atomic E-state index is -4.65. The number of amides is 1. The van der Waals surface area contributed by atoms with Gasteiger partial charge in [0.15, 0.2) is 0 Å². The molecule has 27 heavy (non-hydrogen) atoms. The van der Waals surface area contributed by atoms with Crippen LogP contribution < -0.4 is 10.0 Å². The van der Waals surface area contributed by atoms with Crippen LogP contribution in [-0.4, -0.2) is 27.0 Å². The lowest BCUT2D eigenvalue weighted by molar-refractivity contribution is -0.121. The molecule has 0 bridgehead atoms. The van der Waals surface area contributed by atoms with Crippen molar-refractivity contribution in [3.05, 3.63) is 64.6 Å². The number of rotatable bonds is 6. The number of carbonyl (C=O) groups is 1. The molecular weight excluding hydrogens is 449 g/mol. The van der Waals surface area contributed by atoms with Crippen LogP contribution in [0.3, 0.4) is 0 Å². The summed E-state index contributed by atoms with van der Waals surface area (Å²) in [6.07, 6.45) is -1.75. The van der Waals surface area contributed by atoms with Gasteiger partial charge in [-0.1, -0.05) is 28.1 Å². The first-order valence-electron chi connectivity index (χ1n) is 7.46. The number of nitrogens with one attached hydrogen (secondary N) is 2. The second-order valence-electron chi connectivity index (χ2n) is 5.34. The highest BCUT2D eigenvalue weighted by Gasteiger charge is 2.30. The first-order valence-corrected chi connectivity index (χ1v) is 9.74. The third-order valence-corrected chi connectivity index (χ3v) is 5.08. The lowest BCUT2D eigenvalue weighted by Crippen LogP contribution is -2.33. The topological polar surface area (TPSA) is 75.3 Å². The Morgan fingerprint density at radius 1 is 1.11 bits per heavy atom. The predicted octanol–water partition coefficient (Wildman–Crippen LogP) is 3.94. The van der Waals surface area contributed by atoms with Crippen LogP contribution in [-0.2, 0) is 14.8 Å². The molecule has 0 atom stereocenters. The fraction of sp³-hybridized carbons (Fsp3) is 0.118. The first kappa shape index (κ1) is 21.1. The van der Waals surface area contributed by atoms with E-state index in [1.165, 1.54) is 22.9 Å². The lowest BCUT2D eigenvalue weighted by Gasteiger charge is -2.10. The average Bonchev–Trinajstić information content (AvgIpc) is 2.58. The van der Waals surface area contributed by atoms with Gasteiger partial charge < -0.3 is 5.32 Å². The molecule has 10 heteroatoms. The minimum Gasteiger partial charge on any atom is -0.323 e. The lowest BCUT2D eigenvalue weighted by atomic mass is 10.2. The molecule has 5 nitrogen and oxygen atoms in total. The average molecular weight is 463 g/mol. The monoisotopic (exact) mass is 462 g/mol. The Kier molecular flexibility index (Phi) is 6.79. The molecule has 0 aliphatic carbocycles. The smallest absolute Gasteiger partial charge is 0.323 e. The van der Waals surface area contributed by atoms with E-state index in [4.69, 9.17) is 0 Å². The maximum atomic E-state index is 12.1. The highest BCUT2D eigenvalue weighted by molar-refractivity contribution is 9.10. The Morgan fingerprint density at radius 3 is 2.37 bits per heavy atom. The molecule has 144 valence electrons. The Balaban J connectivity index is 1.99. The molecule has 2 aromatic carbocycles. The summed E-state index contributed by atoms with van der Waals surface area (Å²) in [5.74, 6) is -0.444. The van der Waals surface area contributed by atoms with E-state index in [1.54, 1.807) is 6.08 Å². The van der Waals surface area contributed by atoms with E-state index in [-0.39, 0.29) is 4.90 Å². The van der Waals surface area contributed by atoms with Crippen molar-refractivity contribution in [2.45, 2.75) is 11.1 Å². The molecule has 0 aliphatic rings. The summed E-state index contributed by atoms with van der Waals surface area (Å²) in [6, 6.07) is 12.1. The maximum absolute atomic E-state index is 12.1. The standard InChI is InChI=1S/C17H14BrF3N2O3S/c18-13-3-1-2-12(10-13)4-9-16(24)23-14-5-7-15(8-6-14)27(25,26)22-11-17(19,20)21/h1-10,22H,11H2,(H,23,24)/b9-4+. The van der Waals surface area contributed by atoms with Crippen LogP contribution in [0.5, 0.6) is 0 Å². The van der Waals surface area contributed by atoms with Crippen molar-refractivity contribution in [3.8, 4) is 0 Å². The Bertz CT molecular complexity index is 943. The molecule has 0 heterocycles. The highest BCUT2D eigenvalue weighted by Crippen LogP contribution is 2.17. The number of sulfonamides is 1. The molecule has 0 aromatic heterocycles. The van der Waals surface area contributed by atoms with Crippen LogP contribution in [0.15, 0.2) is 64.0 Å². The van der Waals surface area contributed by atoms with Crippen molar-refractivity contribution in [1.29, 1.82) is 0 Å². The molecule has 0 saturated carbocycles. The van der Waals surface area contributed by atoms with E-state index in [0.717, 1.165) is 22.2 Å². The molecule has 0 aliphatic heterocycles. The molecular formula is C17H14BrF3N2O3S. The van der Waals surface area contributed by atoms with Crippen molar-refractivity contribution in [1.82, 2.24) is 4.72 Å². The van der Waals surface area contributed by atoms with E-state index in [0.29, 0.717) is 5.69 Å². The predicted molar refractivity (Wildman–Crippen MR) is 99.5 cm³/mol. The number of hydrogen-bond acceptors (Lipinski definition) is 3. The van der Waals surface area contributed by atoms with Crippen molar-refractivity contribution < 1.29 is 26.4 Å². The van der Waals surface area contributed by atoms with Gasteiger partial charge in [0.25, 0.3) is 0 Å². The van der Waals surface area contributed by atoms with Crippen LogP contribution in [0, 0.1) is 0 Å². The number of alkyl halides is 3. The van der Waals surface area contributed by atoms with Gasteiger partial charge in [-0.3, -0.25) is 4.79 Å². The third-order valence-electron chi connectivity index (χ3n) is 3.17. The summed E-state index contributed by atoms with van der Waals surface area (Å²) in [5.41, 5.74) is 1.10. The summed E-state index contributed by atoms with van der Waals surface area (Å²) in [4.78, 5) is 11.6. The zero-order chi connectivity index (χ0) is 20.1. The summed E-state index contributed by atoms with van der Waals surface area (Å²) < 4.78 is 62.3. The quantitative estimate of drug-likeness (QED) is 0.638. The molecule has 0 fully saturated rings. The second-order valence-corrected chi connectivity index (χ2v) is 8.02. The Labute approximate surface area is 162 Å². The van der Waals surface area contributed by atoms with Crippen molar-refractivity contribution >= 4 is 43.6 Å². The molecule has 0 radical (unpaired) electrons. The van der Waals surface area contributed by atoms with E-state index in [1.807, 2.05) is 24.3 Å². The van der Waals surface area contributed by atoms with Crippen LogP contribution in [0.4, 0.5) is 18.9 Å². The zero-order valence-corrected chi connectivity index (χ0v) is 16.0. The Hall–Kier alpha value is -2.17. The summed E-state index contributed by atoms with van der Waals surface area (Å²) in [6.45, 7) is -1.66. The maximum Gasteiger partial charge on any atom is 0.402 e. The number of halogens is 4. The van der Waals surface area contributed by atoms with E-state index in [2.05, 4.69) is 21.2 Å². The van der Waals surface area contributed by atoms with E-state index >= 15 is 0 Å². The summed E-state index contributed by atoms with van der Waals surface area (Å²) in [5, 5.41) is 2.53. The molecule has 2 rings (SSSR count). The van der Waals surface area contributed by atoms with Gasteiger partial charge in [-0.15, -0.1) is 0 Å². The van der Waals surface area contributed by atoms with Gasteiger partial charge in [0.2, 0.25) is 15.9 Å². The molecule has 0 saturated heterocycles. The van der Waals surface area contributed by atoms with E-state index < -0.39 is 28.7 Å². The first-order chi connectivity index (χ1) is 12.5. The molecule has 0 unspecified atom stereocenters. The van der Waals surface area contributed by atoms with Gasteiger partial charge in [0.05, 0.1) is 4.90 Å². The van der Waals surface area contributed by atoms with Crippen LogP contribution >= 0.6 is 15.9 Å². The molecule has 2 aromatic rings. The summed E-state index contributed by atoms with van der Waals surface area (Å²) >= 11 is 3.32. The Morgan fingerprint density at radius 2 is 1.78 bits per heavy atom. The largest absolute Gasteiger partial charge is 0.402 e. The minimum absolute atomic E-state index is 0.300. The highest BCUT2D eigenvalue weighted by atomic mass is 79.9. The normalized spacial score (nSPS) is 12.3. The van der Waals surface area contributed by atoms with Crippen LogP contribution in [0.25, 0.3) is 6.08 Å². The van der Waals surface area contributed by atoms with E-state index in [9.17, 15) is 26.4 Å². The molecule has 0 spiro atoms. The fourth-order valence-electron chi connectivity index (χ4n) is 1.94. The number of hydrogen-bond donors (Lipinski definition) is 2. The molecule has 2 N–H and O–H groups in total. The fourth-order valence-corrected chi connectivity index (χ4v) is 3.38. The van der Waals surface area contributed by atoms with Crippen molar-refractivity contribution in [2.75, 3.05) is 11.9 Å². The van der Waals surface area contributed by atoms with Gasteiger partial charge >= 0.3 is 6.18 Å². The van der Waals surface area contributed by atoms with Gasteiger partial charge in [-0.25, -0.2) is 13.1 Å². The SMILES string of the molecule is O=C(/C=C/c1cccc(Br)c1)Nc1ccc(S(=O)(=O)NCC(F)(F)F)cc1. The third kappa shape index (κ3) is 7.16. The molecule has 1 amide bonds. The van der Waals surface area contributed by atoms with Crippen LogP contribution in [0.1, 0.15) is 5.56 Å². The summed E-state index contributed by atoms with van der Waals surface area (Å²) in [7, 11) is -4.29. The second kappa shape index (κ2) is 8.68. The van der Waals surface area contributed by atoms with Gasteiger partial charge in [0, 0.05) is 16.2 Å². The number of anilines is 1. The zero-order valence-electron chi connectivity index (χ0n) is 13.6. The number of carbonyl (C=O) groups excluding carboxylic acids is 1. The van der Waals surface area contributed by atoms with Gasteiger partial charge in [-0.2, -0.15) is 13.2 Å². The van der Waals surface area contributed by atoms with Crippen molar-refractivity contribution in [2.24, 2.45) is 0 Å². The number of benzene rings is 2. The van der Waals surface area contributed by atoms with Crippen LogP contribution in [0.2, 0.25) is 0 Å². The van der Waals surface area contributed by atoms with Gasteiger partial charge in [0.1, 0.15) is 6.54 Å². The van der Waals surface area contributed by atoms with Crippen molar-refractivity contribution in [3.63, 3.8) is 0 Å².